The summed E-state index contributed by atoms with van der Waals surface area (Å²) in [4.78, 5) is 24.3. The van der Waals surface area contributed by atoms with Crippen molar-refractivity contribution in [1.82, 2.24) is 0 Å². The quantitative estimate of drug-likeness (QED) is 0.144. The smallest absolute Gasteiger partial charge is 0.305 e. The fourth-order valence-corrected chi connectivity index (χ4v) is 5.78. The number of ketones is 1. The highest BCUT2D eigenvalue weighted by molar-refractivity contribution is 6.13. The summed E-state index contributed by atoms with van der Waals surface area (Å²) in [5.41, 5.74) is 3.12. The van der Waals surface area contributed by atoms with E-state index >= 15 is 0 Å². The van der Waals surface area contributed by atoms with Crippen LogP contribution in [-0.4, -0.2) is 84.0 Å². The van der Waals surface area contributed by atoms with Crippen LogP contribution in [0.15, 0.2) is 29.3 Å². The van der Waals surface area contributed by atoms with Gasteiger partial charge in [-0.25, -0.2) is 0 Å². The molecule has 2 heterocycles. The number of hydrogen-bond donors (Lipinski definition) is 3. The minimum atomic E-state index is -1.06. The van der Waals surface area contributed by atoms with Crippen LogP contribution in [0, 0.1) is 11.8 Å². The Balaban J connectivity index is 1.27. The van der Waals surface area contributed by atoms with Gasteiger partial charge in [0.25, 0.3) is 0 Å². The molecule has 4 rings (SSSR count). The lowest BCUT2D eigenvalue weighted by Crippen LogP contribution is -2.50. The number of epoxide rings is 1. The SMILES string of the molecule is COC(=O)CCCCCOc1ccc2c(c1)CC(=C(C)C[C@@H]1OC[C@H](C[C@@H]3O[C@H]3[C@@H](C)[C@H](C)O)[C@@H](O)[C@H]1O)C2=O. The number of carbonyl (C=O) groups is 2. The van der Waals surface area contributed by atoms with Gasteiger partial charge in [-0.2, -0.15) is 0 Å². The number of aliphatic hydroxyl groups is 3. The van der Waals surface area contributed by atoms with Crippen LogP contribution in [0.2, 0.25) is 0 Å². The van der Waals surface area contributed by atoms with E-state index in [-0.39, 0.29) is 35.8 Å². The zero-order valence-corrected chi connectivity index (χ0v) is 24.0. The van der Waals surface area contributed by atoms with Gasteiger partial charge in [0.2, 0.25) is 0 Å². The first-order valence-corrected chi connectivity index (χ1v) is 14.5. The predicted molar refractivity (Wildman–Crippen MR) is 147 cm³/mol. The third kappa shape index (κ3) is 7.31. The number of Topliss-reactive ketones (excluding diaryl/α,β-unsaturated/α-hetero) is 1. The summed E-state index contributed by atoms with van der Waals surface area (Å²) in [7, 11) is 1.39. The van der Waals surface area contributed by atoms with Crippen molar-refractivity contribution >= 4 is 11.8 Å². The highest BCUT2D eigenvalue weighted by atomic mass is 16.6. The summed E-state index contributed by atoms with van der Waals surface area (Å²) in [5, 5.41) is 31.5. The standard InChI is InChI=1S/C31H44O9/c1-17(12-25-30(36)28(34)21(16-39-25)15-26-31(40-26)18(2)19(3)32)24-14-20-13-22(9-10-23(20)29(24)35)38-11-7-5-6-8-27(33)37-4/h9-10,13,18-19,21,25-26,28,30-32,34,36H,5-8,11-12,14-16H2,1-4H3/t18-,19-,21-,25-,26-,28+,30-,31-/m0/s1. The molecule has 9 nitrogen and oxygen atoms in total. The first kappa shape index (κ1) is 30.7. The van der Waals surface area contributed by atoms with Crippen molar-refractivity contribution in [2.45, 2.75) is 102 Å². The van der Waals surface area contributed by atoms with Gasteiger partial charge in [0.15, 0.2) is 5.78 Å². The zero-order chi connectivity index (χ0) is 29.0. The summed E-state index contributed by atoms with van der Waals surface area (Å²) in [6.07, 6.45) is 1.13. The van der Waals surface area contributed by atoms with Crippen LogP contribution in [0.1, 0.15) is 75.2 Å². The summed E-state index contributed by atoms with van der Waals surface area (Å²) in [5.74, 6) is 0.255. The van der Waals surface area contributed by atoms with Crippen LogP contribution in [0.4, 0.5) is 0 Å². The van der Waals surface area contributed by atoms with Gasteiger partial charge < -0.3 is 34.3 Å². The highest BCUT2D eigenvalue weighted by Crippen LogP contribution is 2.39. The van der Waals surface area contributed by atoms with Crippen LogP contribution < -0.4 is 4.74 Å². The number of aliphatic hydroxyl groups excluding tert-OH is 3. The normalized spacial score (nSPS) is 30.4. The fraction of sp³-hybridized carbons (Fsp3) is 0.677. The molecule has 40 heavy (non-hydrogen) atoms. The van der Waals surface area contributed by atoms with E-state index in [2.05, 4.69) is 4.74 Å². The molecular formula is C31H44O9. The molecule has 2 fully saturated rings. The second-order valence-corrected chi connectivity index (χ2v) is 11.6. The Labute approximate surface area is 236 Å². The Morgan fingerprint density at radius 2 is 1.90 bits per heavy atom. The molecule has 8 atom stereocenters. The van der Waals surface area contributed by atoms with E-state index in [0.717, 1.165) is 30.4 Å². The van der Waals surface area contributed by atoms with Gasteiger partial charge in [0.05, 0.1) is 50.8 Å². The molecule has 3 aliphatic rings. The van der Waals surface area contributed by atoms with Crippen molar-refractivity contribution in [3.05, 3.63) is 40.5 Å². The summed E-state index contributed by atoms with van der Waals surface area (Å²) >= 11 is 0. The number of methoxy groups -OCH3 is 1. The molecule has 0 bridgehead atoms. The Kier molecular flexibility index (Phi) is 10.4. The van der Waals surface area contributed by atoms with E-state index in [9.17, 15) is 24.9 Å². The van der Waals surface area contributed by atoms with Gasteiger partial charge in [-0.05, 0) is 69.7 Å². The van der Waals surface area contributed by atoms with Gasteiger partial charge in [0.1, 0.15) is 11.9 Å². The van der Waals surface area contributed by atoms with Gasteiger partial charge in [0, 0.05) is 35.8 Å². The molecule has 0 radical (unpaired) electrons. The number of fused-ring (bicyclic) bond motifs is 1. The number of ether oxygens (including phenoxy) is 4. The van der Waals surface area contributed by atoms with Gasteiger partial charge in [-0.3, -0.25) is 9.59 Å². The monoisotopic (exact) mass is 560 g/mol. The van der Waals surface area contributed by atoms with Crippen LogP contribution in [-0.2, 0) is 25.4 Å². The molecule has 2 aliphatic heterocycles. The van der Waals surface area contributed by atoms with Crippen molar-refractivity contribution in [3.63, 3.8) is 0 Å². The minimum Gasteiger partial charge on any atom is -0.494 e. The molecule has 0 amide bonds. The van der Waals surface area contributed by atoms with E-state index in [0.29, 0.717) is 55.8 Å². The number of allylic oxidation sites excluding steroid dienone is 1. The van der Waals surface area contributed by atoms with Gasteiger partial charge >= 0.3 is 5.97 Å². The average Bonchev–Trinajstić information content (AvgIpc) is 3.63. The number of unbranched alkanes of at least 4 members (excludes halogenated alkanes) is 2. The lowest BCUT2D eigenvalue weighted by Gasteiger charge is -2.38. The predicted octanol–water partition coefficient (Wildman–Crippen LogP) is 3.16. The Morgan fingerprint density at radius 3 is 2.62 bits per heavy atom. The molecule has 2 saturated heterocycles. The van der Waals surface area contributed by atoms with Crippen LogP contribution in [0.5, 0.6) is 5.75 Å². The molecule has 9 heteroatoms. The van der Waals surface area contributed by atoms with E-state index in [1.54, 1.807) is 13.0 Å². The Hall–Kier alpha value is -2.30. The second kappa shape index (κ2) is 13.6. The molecular weight excluding hydrogens is 516 g/mol. The molecule has 1 aromatic carbocycles. The maximum absolute atomic E-state index is 13.1. The summed E-state index contributed by atoms with van der Waals surface area (Å²) in [6.45, 7) is 6.41. The van der Waals surface area contributed by atoms with Gasteiger partial charge in [-0.1, -0.05) is 12.5 Å². The number of carbonyl (C=O) groups excluding carboxylic acids is 2. The largest absolute Gasteiger partial charge is 0.494 e. The van der Waals surface area contributed by atoms with E-state index < -0.39 is 24.4 Å². The first-order chi connectivity index (χ1) is 19.1. The fourth-order valence-electron chi connectivity index (χ4n) is 5.78. The maximum atomic E-state index is 13.1. The van der Waals surface area contributed by atoms with E-state index in [1.807, 2.05) is 26.0 Å². The molecule has 222 valence electrons. The second-order valence-electron chi connectivity index (χ2n) is 11.6. The number of rotatable bonds is 13. The summed E-state index contributed by atoms with van der Waals surface area (Å²) < 4.78 is 22.2. The van der Waals surface area contributed by atoms with Crippen molar-refractivity contribution in [2.75, 3.05) is 20.3 Å². The van der Waals surface area contributed by atoms with E-state index in [1.165, 1.54) is 7.11 Å². The molecule has 0 aromatic heterocycles. The lowest BCUT2D eigenvalue weighted by atomic mass is 9.85. The van der Waals surface area contributed by atoms with Crippen LogP contribution >= 0.6 is 0 Å². The molecule has 1 aromatic rings. The number of hydrogen-bond acceptors (Lipinski definition) is 9. The van der Waals surface area contributed by atoms with Crippen molar-refractivity contribution in [3.8, 4) is 5.75 Å². The molecule has 0 spiro atoms. The molecule has 0 saturated carbocycles. The van der Waals surface area contributed by atoms with Crippen molar-refractivity contribution < 1.29 is 43.9 Å². The van der Waals surface area contributed by atoms with Crippen LogP contribution in [0.25, 0.3) is 0 Å². The third-order valence-electron chi connectivity index (χ3n) is 8.68. The first-order valence-electron chi connectivity index (χ1n) is 14.5. The van der Waals surface area contributed by atoms with E-state index in [4.69, 9.17) is 14.2 Å². The number of benzene rings is 1. The average molecular weight is 561 g/mol. The lowest BCUT2D eigenvalue weighted by molar-refractivity contribution is -0.165. The highest BCUT2D eigenvalue weighted by Gasteiger charge is 2.48. The maximum Gasteiger partial charge on any atom is 0.305 e. The minimum absolute atomic E-state index is 0.0126. The third-order valence-corrected chi connectivity index (χ3v) is 8.68. The van der Waals surface area contributed by atoms with Gasteiger partial charge in [-0.15, -0.1) is 0 Å². The Bertz CT molecular complexity index is 1080. The Morgan fingerprint density at radius 1 is 1.12 bits per heavy atom. The van der Waals surface area contributed by atoms with Crippen molar-refractivity contribution in [2.24, 2.45) is 11.8 Å². The number of esters is 1. The van der Waals surface area contributed by atoms with Crippen LogP contribution in [0.3, 0.4) is 0 Å². The zero-order valence-electron chi connectivity index (χ0n) is 24.0. The molecule has 1 aliphatic carbocycles. The topological polar surface area (TPSA) is 135 Å². The summed E-state index contributed by atoms with van der Waals surface area (Å²) in [6, 6.07) is 5.52. The van der Waals surface area contributed by atoms with Crippen molar-refractivity contribution in [1.29, 1.82) is 0 Å². The molecule has 0 unspecified atom stereocenters. The molecule has 3 N–H and O–H groups in total.